The molecule has 0 aliphatic carbocycles. The Morgan fingerprint density at radius 3 is 0.650 bits per heavy atom. The zero-order chi connectivity index (χ0) is 29.9. The van der Waals surface area contributed by atoms with E-state index in [1.807, 2.05) is 0 Å². The first-order valence-corrected chi connectivity index (χ1v) is 18.1. The summed E-state index contributed by atoms with van der Waals surface area (Å²) in [7, 11) is 8.56. The van der Waals surface area contributed by atoms with Crippen molar-refractivity contribution in [2.45, 2.75) is 123 Å². The van der Waals surface area contributed by atoms with Gasteiger partial charge < -0.3 is 27.8 Å². The van der Waals surface area contributed by atoms with E-state index in [1.165, 1.54) is 83.5 Å². The average molecular weight is 900 g/mol. The summed E-state index contributed by atoms with van der Waals surface area (Å²) in [5.41, 5.74) is 22.0. The fourth-order valence-corrected chi connectivity index (χ4v) is 4.22. The SMILES string of the molecule is CC(C)[SH2+].C[c-]1[c-](C)[c-](C)[c-](C)[c-]1C.Cc1c(C)c(C)[c-](C)c1C.Cc1c(C)c(C)[c-](C)c1C.[ClH+][Rh+][ClH+].[Rh].[Rh].[SH3+]. The Hall–Kier alpha value is 1.20. The fraction of sp³-hybridized carbons (Fsp3) is 0.545. The van der Waals surface area contributed by atoms with E-state index in [0.29, 0.717) is 5.25 Å². The molecule has 0 spiro atoms. The van der Waals surface area contributed by atoms with Crippen LogP contribution in [0.5, 0.6) is 0 Å². The average Bonchev–Trinajstić information content (AvgIpc) is 3.20. The van der Waals surface area contributed by atoms with Crippen LogP contribution in [-0.2, 0) is 80.2 Å². The molecule has 0 aromatic heterocycles. The monoisotopic (exact) mass is 898 g/mol. The van der Waals surface area contributed by atoms with E-state index in [9.17, 15) is 0 Å². The van der Waals surface area contributed by atoms with E-state index in [2.05, 4.69) is 150 Å². The second-order valence-electron chi connectivity index (χ2n) is 10.6. The maximum absolute atomic E-state index is 4.28. The Morgan fingerprint density at radius 1 is 0.500 bits per heavy atom. The van der Waals surface area contributed by atoms with E-state index >= 15 is 0 Å². The van der Waals surface area contributed by atoms with Crippen LogP contribution in [0, 0.1) is 123 Å². The predicted molar refractivity (Wildman–Crippen MR) is 177 cm³/mol. The topological polar surface area (TPSA) is 0 Å². The van der Waals surface area contributed by atoms with Crippen molar-refractivity contribution < 1.29 is 73.5 Å². The van der Waals surface area contributed by atoms with Crippen molar-refractivity contribution in [2.24, 2.45) is 0 Å². The van der Waals surface area contributed by atoms with Crippen molar-refractivity contribution in [1.82, 2.24) is 0 Å². The van der Waals surface area contributed by atoms with Crippen molar-refractivity contribution in [2.75, 3.05) is 0 Å². The summed E-state index contributed by atoms with van der Waals surface area (Å²) in [4.78, 5) is 0. The minimum Gasteiger partial charge on any atom is -0.0576 e. The quantitative estimate of drug-likeness (QED) is 0.123. The molecule has 3 aromatic rings. The van der Waals surface area contributed by atoms with Crippen LogP contribution in [0.1, 0.15) is 97.3 Å². The third-order valence-corrected chi connectivity index (χ3v) is 8.44. The summed E-state index contributed by atoms with van der Waals surface area (Å²) in [6.07, 6.45) is 0. The van der Waals surface area contributed by atoms with E-state index in [1.54, 1.807) is 0 Å². The van der Waals surface area contributed by atoms with Crippen LogP contribution in [0.3, 0.4) is 0 Å². The van der Waals surface area contributed by atoms with Crippen molar-refractivity contribution >= 4 is 26.1 Å². The van der Waals surface area contributed by atoms with Gasteiger partial charge in [0, 0.05) is 39.0 Å². The Morgan fingerprint density at radius 2 is 0.600 bits per heavy atom. The van der Waals surface area contributed by atoms with E-state index in [0.717, 1.165) is 0 Å². The first-order chi connectivity index (χ1) is 16.8. The van der Waals surface area contributed by atoms with Gasteiger partial charge in [-0.25, -0.2) is 34.6 Å². The zero-order valence-electron chi connectivity index (χ0n) is 28.0. The minimum absolute atomic E-state index is 0. The van der Waals surface area contributed by atoms with Gasteiger partial charge in [0.15, 0.2) is 0 Å². The summed E-state index contributed by atoms with van der Waals surface area (Å²) < 4.78 is 0. The maximum Gasteiger partial charge on any atom is 0 e. The molecule has 0 bridgehead atoms. The number of hydrogen-bond donors (Lipinski definition) is 0. The first kappa shape index (κ1) is 50.8. The Bertz CT molecular complexity index is 743. The van der Waals surface area contributed by atoms with Crippen molar-refractivity contribution in [1.29, 1.82) is 0 Å². The minimum atomic E-state index is -0.00333. The molecule has 0 saturated heterocycles. The van der Waals surface area contributed by atoms with Gasteiger partial charge in [-0.1, -0.05) is 82.7 Å². The molecule has 2 radical (unpaired) electrons. The van der Waals surface area contributed by atoms with E-state index in [-0.39, 0.29) is 67.6 Å². The molecular formula is C33H59Cl2Rh3S2-2. The van der Waals surface area contributed by atoms with Crippen LogP contribution in [0.2, 0.25) is 0 Å². The van der Waals surface area contributed by atoms with Crippen molar-refractivity contribution in [3.05, 3.63) is 83.5 Å². The van der Waals surface area contributed by atoms with Crippen LogP contribution in [-0.4, -0.2) is 5.25 Å². The molecular weight excluding hydrogens is 840 g/mol. The normalized spacial score (nSPS) is 9.32. The number of halogens is 2. The van der Waals surface area contributed by atoms with Crippen molar-refractivity contribution in [3.8, 4) is 0 Å². The molecule has 0 unspecified atom stereocenters. The van der Waals surface area contributed by atoms with Gasteiger partial charge >= 0.3 is 34.5 Å². The van der Waals surface area contributed by atoms with Gasteiger partial charge in [0.1, 0.15) is 5.25 Å². The smallest absolute Gasteiger partial charge is 0 e. The van der Waals surface area contributed by atoms with E-state index in [4.69, 9.17) is 0 Å². The van der Waals surface area contributed by atoms with Crippen LogP contribution in [0.25, 0.3) is 0 Å². The van der Waals surface area contributed by atoms with Gasteiger partial charge in [0.2, 0.25) is 0 Å². The van der Waals surface area contributed by atoms with Crippen LogP contribution in [0.4, 0.5) is 0 Å². The number of rotatable bonds is 0. The molecule has 0 fully saturated rings. The van der Waals surface area contributed by atoms with Gasteiger partial charge in [-0.05, 0) is 26.5 Å². The molecule has 40 heavy (non-hydrogen) atoms. The maximum atomic E-state index is 4.28. The molecule has 0 aliphatic rings. The standard InChI is InChI=1S/3C10H15.C3H8S.2ClH.3Rh.H2S/c3*1-6-7(2)9(4)10(5)8(6)3;1-3(2)4;;;;;;/h3*1-5H3;3-4H,1-2H3;2*1H;;;;1H2/q-5;2*-1;;;;;;+3;/p+2. The van der Waals surface area contributed by atoms with Crippen LogP contribution in [0.15, 0.2) is 0 Å². The second-order valence-corrected chi connectivity index (χ2v) is 14.6. The van der Waals surface area contributed by atoms with Crippen LogP contribution >= 0.6 is 0 Å². The molecule has 0 atom stereocenters. The van der Waals surface area contributed by atoms with Gasteiger partial charge in [-0.2, -0.15) is 55.6 Å². The second kappa shape index (κ2) is 24.5. The van der Waals surface area contributed by atoms with Gasteiger partial charge in [-0.15, -0.1) is 0 Å². The predicted octanol–water partition coefficient (Wildman–Crippen LogP) is 7.90. The molecule has 0 heterocycles. The largest absolute Gasteiger partial charge is 0.0576 e. The molecule has 3 rings (SSSR count). The summed E-state index contributed by atoms with van der Waals surface area (Å²) in [5, 5.41) is 0.639. The molecule has 0 nitrogen and oxygen atoms in total. The fourth-order valence-electron chi connectivity index (χ4n) is 4.22. The molecule has 7 heteroatoms. The summed E-state index contributed by atoms with van der Waals surface area (Å²) in [6.45, 7) is 37.1. The molecule has 0 aliphatic heterocycles. The summed E-state index contributed by atoms with van der Waals surface area (Å²) >= 11 is 3.31. The first-order valence-electron chi connectivity index (χ1n) is 13.0. The molecule has 0 saturated carbocycles. The molecule has 246 valence electrons. The molecule has 0 N–H and O–H groups in total. The summed E-state index contributed by atoms with van der Waals surface area (Å²) in [5.74, 6) is 0. The van der Waals surface area contributed by atoms with Gasteiger partial charge in [0.25, 0.3) is 0 Å². The third kappa shape index (κ3) is 15.3. The van der Waals surface area contributed by atoms with Gasteiger partial charge in [-0.3, -0.25) is 0 Å². The Labute approximate surface area is 303 Å². The Balaban J connectivity index is -0.000000133. The summed E-state index contributed by atoms with van der Waals surface area (Å²) in [6, 6.07) is 0. The third-order valence-electron chi connectivity index (χ3n) is 8.44. The Kier molecular flexibility index (Phi) is 31.1. The molecule has 3 aromatic carbocycles. The molecule has 0 amide bonds. The number of hydrogen-bond acceptors (Lipinski definition) is 0. The van der Waals surface area contributed by atoms with E-state index < -0.39 is 0 Å². The van der Waals surface area contributed by atoms with Crippen molar-refractivity contribution in [3.63, 3.8) is 0 Å². The van der Waals surface area contributed by atoms with Gasteiger partial charge in [0.05, 0.1) is 0 Å². The zero-order valence-corrected chi connectivity index (χ0v) is 36.7. The van der Waals surface area contributed by atoms with Crippen LogP contribution < -0.4 is 0 Å².